The summed E-state index contributed by atoms with van der Waals surface area (Å²) in [7, 11) is 0. The quantitative estimate of drug-likeness (QED) is 0.800. The van der Waals surface area contributed by atoms with Gasteiger partial charge in [-0.15, -0.1) is 0 Å². The largest absolute Gasteiger partial charge is 0.481 e. The zero-order chi connectivity index (χ0) is 13.7. The van der Waals surface area contributed by atoms with Crippen molar-refractivity contribution >= 4 is 11.8 Å². The molecule has 0 radical (unpaired) electrons. The third kappa shape index (κ3) is 3.89. The molecule has 1 aromatic rings. The Kier molecular flexibility index (Phi) is 4.68. The molecule has 0 spiro atoms. The van der Waals surface area contributed by atoms with Gasteiger partial charge in [0.1, 0.15) is 0 Å². The summed E-state index contributed by atoms with van der Waals surface area (Å²) >= 11 is 0. The Morgan fingerprint density at radius 3 is 2.63 bits per heavy atom. The highest BCUT2D eigenvalue weighted by molar-refractivity contribution is 5.97. The van der Waals surface area contributed by atoms with Crippen LogP contribution in [-0.2, 0) is 9.53 Å². The molecule has 0 bridgehead atoms. The first-order valence-corrected chi connectivity index (χ1v) is 6.59. The zero-order valence-electron chi connectivity index (χ0n) is 10.7. The van der Waals surface area contributed by atoms with E-state index in [4.69, 9.17) is 4.74 Å². The van der Waals surface area contributed by atoms with Crippen LogP contribution in [0.5, 0.6) is 0 Å². The van der Waals surface area contributed by atoms with E-state index in [1.807, 2.05) is 6.07 Å². The van der Waals surface area contributed by atoms with E-state index in [0.29, 0.717) is 18.6 Å². The van der Waals surface area contributed by atoms with Gasteiger partial charge >= 0.3 is 5.97 Å². The Morgan fingerprint density at radius 2 is 2.05 bits per heavy atom. The van der Waals surface area contributed by atoms with Gasteiger partial charge in [-0.3, -0.25) is 9.59 Å². The van der Waals surface area contributed by atoms with Crippen LogP contribution in [0.25, 0.3) is 0 Å². The highest BCUT2D eigenvalue weighted by Gasteiger charge is 2.27. The van der Waals surface area contributed by atoms with E-state index in [1.54, 1.807) is 24.3 Å². The summed E-state index contributed by atoms with van der Waals surface area (Å²) < 4.78 is 5.45. The molecule has 1 aliphatic rings. The second-order valence-electron chi connectivity index (χ2n) is 4.90. The van der Waals surface area contributed by atoms with E-state index in [2.05, 4.69) is 0 Å². The number of carbonyl (C=O) groups excluding carboxylic acids is 1. The van der Waals surface area contributed by atoms with Crippen molar-refractivity contribution in [2.24, 2.45) is 5.92 Å². The van der Waals surface area contributed by atoms with Gasteiger partial charge in [-0.25, -0.2) is 0 Å². The molecule has 1 aliphatic heterocycles. The molecule has 1 heterocycles. The number of hydrogen-bond acceptors (Lipinski definition) is 3. The van der Waals surface area contributed by atoms with Gasteiger partial charge in [-0.05, 0) is 19.3 Å². The van der Waals surface area contributed by atoms with Crippen LogP contribution in [0.1, 0.15) is 36.0 Å². The van der Waals surface area contributed by atoms with Crippen LogP contribution in [0.4, 0.5) is 0 Å². The van der Waals surface area contributed by atoms with E-state index in [0.717, 1.165) is 12.8 Å². The average molecular weight is 262 g/mol. The Morgan fingerprint density at radius 1 is 1.32 bits per heavy atom. The van der Waals surface area contributed by atoms with Crippen LogP contribution >= 0.6 is 0 Å². The highest BCUT2D eigenvalue weighted by atomic mass is 16.5. The molecule has 102 valence electrons. The highest BCUT2D eigenvalue weighted by Crippen LogP contribution is 2.23. The van der Waals surface area contributed by atoms with E-state index >= 15 is 0 Å². The smallest absolute Gasteiger partial charge is 0.307 e. The second kappa shape index (κ2) is 6.48. The van der Waals surface area contributed by atoms with Crippen LogP contribution in [-0.4, -0.2) is 29.6 Å². The molecule has 2 unspecified atom stereocenters. The third-order valence-electron chi connectivity index (χ3n) is 3.45. The van der Waals surface area contributed by atoms with Crippen molar-refractivity contribution in [3.8, 4) is 0 Å². The summed E-state index contributed by atoms with van der Waals surface area (Å²) in [5.41, 5.74) is 0.570. The molecule has 19 heavy (non-hydrogen) atoms. The van der Waals surface area contributed by atoms with Crippen molar-refractivity contribution in [3.05, 3.63) is 35.9 Å². The fourth-order valence-electron chi connectivity index (χ4n) is 2.38. The van der Waals surface area contributed by atoms with Gasteiger partial charge in [0, 0.05) is 18.6 Å². The Labute approximate surface area is 112 Å². The second-order valence-corrected chi connectivity index (χ2v) is 4.90. The maximum atomic E-state index is 12.0. The monoisotopic (exact) mass is 262 g/mol. The predicted molar refractivity (Wildman–Crippen MR) is 70.1 cm³/mol. The number of carboxylic acid groups (broad SMARTS) is 1. The number of hydrogen-bond donors (Lipinski definition) is 1. The molecule has 4 heteroatoms. The van der Waals surface area contributed by atoms with Crippen molar-refractivity contribution in [2.45, 2.75) is 31.8 Å². The molecule has 0 aromatic heterocycles. The van der Waals surface area contributed by atoms with Crippen molar-refractivity contribution in [3.63, 3.8) is 0 Å². The van der Waals surface area contributed by atoms with Crippen molar-refractivity contribution < 1.29 is 19.4 Å². The lowest BCUT2D eigenvalue weighted by molar-refractivity contribution is -0.142. The number of aliphatic carboxylic acids is 1. The minimum Gasteiger partial charge on any atom is -0.481 e. The van der Waals surface area contributed by atoms with Gasteiger partial charge in [-0.1, -0.05) is 30.3 Å². The van der Waals surface area contributed by atoms with Gasteiger partial charge in [0.15, 0.2) is 5.78 Å². The minimum atomic E-state index is -0.917. The average Bonchev–Trinajstić information content (AvgIpc) is 2.91. The normalized spacial score (nSPS) is 20.1. The third-order valence-corrected chi connectivity index (χ3v) is 3.45. The lowest BCUT2D eigenvalue weighted by atomic mass is 9.92. The van der Waals surface area contributed by atoms with Crippen molar-refractivity contribution in [1.82, 2.24) is 0 Å². The molecule has 1 fully saturated rings. The van der Waals surface area contributed by atoms with Gasteiger partial charge < -0.3 is 9.84 Å². The summed E-state index contributed by atoms with van der Waals surface area (Å²) in [6, 6.07) is 8.82. The topological polar surface area (TPSA) is 63.6 Å². The molecular weight excluding hydrogens is 244 g/mol. The Balaban J connectivity index is 1.96. The molecular formula is C15H18O4. The lowest BCUT2D eigenvalue weighted by Gasteiger charge is -2.15. The van der Waals surface area contributed by atoms with Crippen LogP contribution in [0.15, 0.2) is 30.3 Å². The van der Waals surface area contributed by atoms with E-state index in [1.165, 1.54) is 0 Å². The van der Waals surface area contributed by atoms with Crippen LogP contribution in [0, 0.1) is 5.92 Å². The van der Waals surface area contributed by atoms with Gasteiger partial charge in [0.2, 0.25) is 0 Å². The number of rotatable bonds is 6. The standard InChI is InChI=1S/C15H18O4/c16-14(11-5-2-1-3-6-11)10-12(15(17)18)9-13-7-4-8-19-13/h1-3,5-6,12-13H,4,7-10H2,(H,17,18). The first-order valence-electron chi connectivity index (χ1n) is 6.59. The fourth-order valence-corrected chi connectivity index (χ4v) is 2.38. The van der Waals surface area contributed by atoms with Crippen LogP contribution in [0.3, 0.4) is 0 Å². The molecule has 0 saturated carbocycles. The SMILES string of the molecule is O=C(CC(CC1CCCO1)C(=O)O)c1ccccc1. The summed E-state index contributed by atoms with van der Waals surface area (Å²) in [4.78, 5) is 23.3. The number of ether oxygens (including phenoxy) is 1. The summed E-state index contributed by atoms with van der Waals surface area (Å²) in [5.74, 6) is -1.69. The first-order chi connectivity index (χ1) is 9.16. The van der Waals surface area contributed by atoms with E-state index in [-0.39, 0.29) is 18.3 Å². The zero-order valence-corrected chi connectivity index (χ0v) is 10.7. The fraction of sp³-hybridized carbons (Fsp3) is 0.467. The summed E-state index contributed by atoms with van der Waals surface area (Å²) in [6.45, 7) is 0.698. The maximum absolute atomic E-state index is 12.0. The predicted octanol–water partition coefficient (Wildman–Crippen LogP) is 2.53. The lowest BCUT2D eigenvalue weighted by Crippen LogP contribution is -2.23. The van der Waals surface area contributed by atoms with Crippen LogP contribution in [0.2, 0.25) is 0 Å². The van der Waals surface area contributed by atoms with Crippen molar-refractivity contribution in [1.29, 1.82) is 0 Å². The summed E-state index contributed by atoms with van der Waals surface area (Å²) in [5, 5.41) is 9.22. The molecule has 2 atom stereocenters. The molecule has 1 aromatic carbocycles. The molecule has 2 rings (SSSR count). The molecule has 4 nitrogen and oxygen atoms in total. The van der Waals surface area contributed by atoms with Crippen LogP contribution < -0.4 is 0 Å². The minimum absolute atomic E-state index is 0.00956. The number of carboxylic acids is 1. The molecule has 1 N–H and O–H groups in total. The summed E-state index contributed by atoms with van der Waals surface area (Å²) in [6.07, 6.45) is 2.32. The number of Topliss-reactive ketones (excluding diaryl/α,β-unsaturated/α-hetero) is 1. The first kappa shape index (κ1) is 13.7. The Bertz CT molecular complexity index is 435. The maximum Gasteiger partial charge on any atom is 0.307 e. The van der Waals surface area contributed by atoms with E-state index < -0.39 is 11.9 Å². The number of benzene rings is 1. The molecule has 1 saturated heterocycles. The number of ketones is 1. The number of carbonyl (C=O) groups is 2. The molecule has 0 amide bonds. The van der Waals surface area contributed by atoms with Gasteiger partial charge in [0.05, 0.1) is 12.0 Å². The van der Waals surface area contributed by atoms with Gasteiger partial charge in [0.25, 0.3) is 0 Å². The Hall–Kier alpha value is -1.68. The van der Waals surface area contributed by atoms with Crippen molar-refractivity contribution in [2.75, 3.05) is 6.61 Å². The molecule has 0 aliphatic carbocycles. The van der Waals surface area contributed by atoms with Gasteiger partial charge in [-0.2, -0.15) is 0 Å². The van der Waals surface area contributed by atoms with E-state index in [9.17, 15) is 14.7 Å².